The van der Waals surface area contributed by atoms with Gasteiger partial charge in [0.1, 0.15) is 0 Å². The molecule has 0 aromatic carbocycles. The van der Waals surface area contributed by atoms with Gasteiger partial charge < -0.3 is 0 Å². The molecule has 2 amide bonds. The molecule has 0 aromatic heterocycles. The number of amides is 2. The molecule has 0 spiro atoms. The Bertz CT molecular complexity index is 163. The van der Waals surface area contributed by atoms with Gasteiger partial charge in [-0.05, 0) is 6.92 Å². The van der Waals surface area contributed by atoms with Crippen LogP contribution in [0.15, 0.2) is 0 Å². The van der Waals surface area contributed by atoms with Crippen molar-refractivity contribution < 1.29 is 4.79 Å². The van der Waals surface area contributed by atoms with Crippen molar-refractivity contribution in [2.45, 2.75) is 11.4 Å². The molecule has 0 aliphatic carbocycles. The predicted molar refractivity (Wildman–Crippen MR) is 51.0 cm³/mol. The van der Waals surface area contributed by atoms with E-state index in [1.165, 1.54) is 11.9 Å². The maximum Gasteiger partial charge on any atom is 0.341 e. The van der Waals surface area contributed by atoms with Crippen molar-refractivity contribution in [1.29, 1.82) is 0 Å². The quantitative estimate of drug-likeness (QED) is 0.542. The number of halogens is 3. The minimum atomic E-state index is -1.37. The molecule has 3 nitrogen and oxygen atoms in total. The number of nitrogens with zero attached hydrogens (tertiary/aromatic N) is 2. The van der Waals surface area contributed by atoms with E-state index in [0.717, 1.165) is 0 Å². The van der Waals surface area contributed by atoms with Gasteiger partial charge >= 0.3 is 6.03 Å². The monoisotopic (exact) mass is 231 g/mol. The molecule has 0 bridgehead atoms. The topological polar surface area (TPSA) is 34.4 Å². The number of hydrogen-bond donors (Lipinski definition) is 0. The summed E-state index contributed by atoms with van der Waals surface area (Å²) in [5, 5.41) is 3.43. The molecular formula is C6H10Cl3N2O. The van der Waals surface area contributed by atoms with Crippen LogP contribution >= 0.6 is 34.8 Å². The van der Waals surface area contributed by atoms with Crippen LogP contribution in [-0.2, 0) is 0 Å². The van der Waals surface area contributed by atoms with Gasteiger partial charge in [-0.15, -0.1) is 11.6 Å². The molecule has 0 unspecified atom stereocenters. The van der Waals surface area contributed by atoms with Crippen molar-refractivity contribution in [3.05, 3.63) is 0 Å². The SMILES string of the molecule is CCN(C(=O)[N]C)C(Cl)(Cl)CCl. The van der Waals surface area contributed by atoms with E-state index < -0.39 is 10.5 Å². The van der Waals surface area contributed by atoms with E-state index in [1.54, 1.807) is 6.92 Å². The van der Waals surface area contributed by atoms with Gasteiger partial charge in [0.2, 0.25) is 4.46 Å². The summed E-state index contributed by atoms with van der Waals surface area (Å²) in [7, 11) is 1.38. The van der Waals surface area contributed by atoms with Gasteiger partial charge in [-0.1, -0.05) is 23.2 Å². The van der Waals surface area contributed by atoms with E-state index in [-0.39, 0.29) is 5.88 Å². The predicted octanol–water partition coefficient (Wildman–Crippen LogP) is 2.03. The summed E-state index contributed by atoms with van der Waals surface area (Å²) in [6, 6.07) is -0.469. The summed E-state index contributed by atoms with van der Waals surface area (Å²) in [6.07, 6.45) is 0. The summed E-state index contributed by atoms with van der Waals surface area (Å²) < 4.78 is -1.37. The smallest absolute Gasteiger partial charge is 0.290 e. The van der Waals surface area contributed by atoms with Crippen LogP contribution in [0.1, 0.15) is 6.92 Å². The zero-order valence-corrected chi connectivity index (χ0v) is 9.12. The first-order valence-corrected chi connectivity index (χ1v) is 4.63. The second-order valence-corrected chi connectivity index (χ2v) is 3.76. The van der Waals surface area contributed by atoms with Crippen molar-refractivity contribution in [1.82, 2.24) is 10.2 Å². The molecule has 0 saturated carbocycles. The molecule has 0 saturated heterocycles. The largest absolute Gasteiger partial charge is 0.341 e. The number of carbonyl (C=O) groups is 1. The van der Waals surface area contributed by atoms with Crippen LogP contribution in [0.5, 0.6) is 0 Å². The summed E-state index contributed by atoms with van der Waals surface area (Å²) >= 11 is 16.9. The van der Waals surface area contributed by atoms with Gasteiger partial charge in [0.15, 0.2) is 0 Å². The molecule has 0 heterocycles. The van der Waals surface area contributed by atoms with Gasteiger partial charge in [-0.25, -0.2) is 10.1 Å². The van der Waals surface area contributed by atoms with Crippen molar-refractivity contribution in [3.63, 3.8) is 0 Å². The Morgan fingerprint density at radius 3 is 2.33 bits per heavy atom. The average Bonchev–Trinajstić information content (AvgIpc) is 2.05. The van der Waals surface area contributed by atoms with Crippen LogP contribution in [0.25, 0.3) is 0 Å². The number of hydrogen-bond acceptors (Lipinski definition) is 1. The first-order valence-electron chi connectivity index (χ1n) is 3.34. The van der Waals surface area contributed by atoms with Gasteiger partial charge in [0.05, 0.1) is 5.88 Å². The fourth-order valence-electron chi connectivity index (χ4n) is 0.699. The van der Waals surface area contributed by atoms with Crippen LogP contribution in [0.4, 0.5) is 4.79 Å². The van der Waals surface area contributed by atoms with Crippen molar-refractivity contribution in [2.75, 3.05) is 19.5 Å². The minimum Gasteiger partial charge on any atom is -0.290 e. The van der Waals surface area contributed by atoms with Crippen LogP contribution in [-0.4, -0.2) is 34.9 Å². The van der Waals surface area contributed by atoms with Crippen molar-refractivity contribution >= 4 is 40.8 Å². The van der Waals surface area contributed by atoms with E-state index in [1.807, 2.05) is 0 Å². The third-order valence-corrected chi connectivity index (χ3v) is 2.63. The lowest BCUT2D eigenvalue weighted by atomic mass is 10.5. The molecule has 71 valence electrons. The second kappa shape index (κ2) is 5.00. The van der Waals surface area contributed by atoms with Crippen molar-refractivity contribution in [3.8, 4) is 0 Å². The van der Waals surface area contributed by atoms with Crippen LogP contribution in [0.3, 0.4) is 0 Å². The van der Waals surface area contributed by atoms with E-state index in [0.29, 0.717) is 6.54 Å². The zero-order valence-electron chi connectivity index (χ0n) is 6.85. The van der Waals surface area contributed by atoms with Crippen LogP contribution in [0, 0.1) is 0 Å². The van der Waals surface area contributed by atoms with Crippen LogP contribution < -0.4 is 5.32 Å². The highest BCUT2D eigenvalue weighted by Gasteiger charge is 2.33. The van der Waals surface area contributed by atoms with Gasteiger partial charge in [-0.2, -0.15) is 0 Å². The van der Waals surface area contributed by atoms with E-state index in [9.17, 15) is 4.79 Å². The van der Waals surface area contributed by atoms with Gasteiger partial charge in [-0.3, -0.25) is 4.90 Å². The molecule has 0 atom stereocenters. The molecule has 0 aromatic rings. The standard InChI is InChI=1S/C6H10Cl3N2O/c1-3-11(5(12)10-2)6(8,9)4-7/h3-4H2,1-2H3. The molecule has 0 aliphatic rings. The second-order valence-electron chi connectivity index (χ2n) is 2.05. The van der Waals surface area contributed by atoms with E-state index >= 15 is 0 Å². The third kappa shape index (κ3) is 2.88. The number of urea groups is 1. The third-order valence-electron chi connectivity index (χ3n) is 1.29. The average molecular weight is 233 g/mol. The van der Waals surface area contributed by atoms with E-state index in [4.69, 9.17) is 34.8 Å². The number of carbonyl (C=O) groups excluding carboxylic acids is 1. The summed E-state index contributed by atoms with van der Waals surface area (Å²) in [5.74, 6) is -0.0504. The molecule has 0 N–H and O–H groups in total. The molecule has 0 fully saturated rings. The molecular weight excluding hydrogens is 222 g/mol. The zero-order chi connectivity index (χ0) is 9.78. The Morgan fingerprint density at radius 1 is 1.58 bits per heavy atom. The first kappa shape index (κ1) is 12.1. The fourth-order valence-corrected chi connectivity index (χ4v) is 1.23. The molecule has 1 radical (unpaired) electrons. The Hall–Kier alpha value is 0.140. The van der Waals surface area contributed by atoms with Crippen LogP contribution in [0.2, 0.25) is 0 Å². The highest BCUT2D eigenvalue weighted by molar-refractivity contribution is 6.51. The lowest BCUT2D eigenvalue weighted by Crippen LogP contribution is -2.47. The lowest BCUT2D eigenvalue weighted by molar-refractivity contribution is 0.193. The Balaban J connectivity index is 4.43. The first-order chi connectivity index (χ1) is 5.49. The Morgan fingerprint density at radius 2 is 2.08 bits per heavy atom. The van der Waals surface area contributed by atoms with Gasteiger partial charge in [0.25, 0.3) is 0 Å². The normalized spacial score (nSPS) is 11.1. The number of rotatable bonds is 3. The Kier molecular flexibility index (Phi) is 5.06. The molecule has 0 aliphatic heterocycles. The summed E-state index contributed by atoms with van der Waals surface area (Å²) in [4.78, 5) is 12.3. The Labute approximate surface area is 86.9 Å². The molecule has 12 heavy (non-hydrogen) atoms. The molecule has 0 rings (SSSR count). The van der Waals surface area contributed by atoms with Gasteiger partial charge in [0, 0.05) is 13.6 Å². The lowest BCUT2D eigenvalue weighted by Gasteiger charge is -2.30. The highest BCUT2D eigenvalue weighted by atomic mass is 35.5. The summed E-state index contributed by atoms with van der Waals surface area (Å²) in [6.45, 7) is 2.12. The maximum absolute atomic E-state index is 11.1. The number of alkyl halides is 3. The molecule has 6 heteroatoms. The fraction of sp³-hybridized carbons (Fsp3) is 0.833. The minimum absolute atomic E-state index is 0.0504. The van der Waals surface area contributed by atoms with E-state index in [2.05, 4.69) is 5.32 Å². The highest BCUT2D eigenvalue weighted by Crippen LogP contribution is 2.27. The van der Waals surface area contributed by atoms with Crippen molar-refractivity contribution in [2.24, 2.45) is 0 Å². The maximum atomic E-state index is 11.1. The summed E-state index contributed by atoms with van der Waals surface area (Å²) in [5.41, 5.74) is 0.